The molecule has 0 rings (SSSR count). The van der Waals surface area contributed by atoms with Gasteiger partial charge in [-0.2, -0.15) is 0 Å². The minimum absolute atomic E-state index is 0.442. The summed E-state index contributed by atoms with van der Waals surface area (Å²) in [5, 5.41) is 0. The number of hydrogen-bond acceptors (Lipinski definition) is 0. The molecule has 0 heterocycles. The summed E-state index contributed by atoms with van der Waals surface area (Å²) in [4.78, 5) is 0. The van der Waals surface area contributed by atoms with Crippen LogP contribution >= 0.6 is 31.9 Å². The Kier molecular flexibility index (Phi) is 6.34. The largest absolute Gasteiger partial charge is 0.0887 e. The van der Waals surface area contributed by atoms with Gasteiger partial charge in [-0.05, 0) is 12.8 Å². The van der Waals surface area contributed by atoms with Gasteiger partial charge in [-0.15, -0.1) is 0 Å². The lowest BCUT2D eigenvalue weighted by Gasteiger charge is -1.90. The maximum Gasteiger partial charge on any atom is 0.0732 e. The molecule has 0 aromatic rings. The molecule has 0 aliphatic carbocycles. The maximum absolute atomic E-state index is 3.37. The van der Waals surface area contributed by atoms with Crippen molar-refractivity contribution >= 4 is 31.9 Å². The first kappa shape index (κ1) is 8.70. The third-order valence-corrected chi connectivity index (χ3v) is 1.46. The van der Waals surface area contributed by atoms with Gasteiger partial charge in [0.15, 0.2) is 0 Å². The molecule has 0 aliphatic rings. The summed E-state index contributed by atoms with van der Waals surface area (Å²) >= 11 is 6.74. The van der Waals surface area contributed by atoms with E-state index in [4.69, 9.17) is 0 Å². The molecule has 0 spiro atoms. The molecule has 0 radical (unpaired) electrons. The van der Waals surface area contributed by atoms with Gasteiger partial charge in [-0.1, -0.05) is 50.9 Å². The van der Waals surface area contributed by atoms with Crippen LogP contribution < -0.4 is 0 Å². The molecular formula is C6H10Br2. The van der Waals surface area contributed by atoms with Gasteiger partial charge >= 0.3 is 0 Å². The summed E-state index contributed by atoms with van der Waals surface area (Å²) in [7, 11) is 0. The van der Waals surface area contributed by atoms with E-state index in [1.165, 1.54) is 0 Å². The number of alkyl halides is 2. The topological polar surface area (TPSA) is 0 Å². The average Bonchev–Trinajstić information content (AvgIpc) is 1.66. The summed E-state index contributed by atoms with van der Waals surface area (Å²) in [5.41, 5.74) is 0. The first-order chi connectivity index (χ1) is 3.77. The van der Waals surface area contributed by atoms with Crippen LogP contribution in [0, 0.1) is 0 Å². The first-order valence-corrected chi connectivity index (χ1v) is 4.53. The van der Waals surface area contributed by atoms with Crippen molar-refractivity contribution < 1.29 is 0 Å². The zero-order valence-corrected chi connectivity index (χ0v) is 8.07. The van der Waals surface area contributed by atoms with Gasteiger partial charge < -0.3 is 0 Å². The molecule has 0 N–H and O–H groups in total. The zero-order chi connectivity index (χ0) is 6.41. The maximum atomic E-state index is 3.37. The predicted molar refractivity (Wildman–Crippen MR) is 45.7 cm³/mol. The van der Waals surface area contributed by atoms with Crippen LogP contribution in [-0.4, -0.2) is 3.74 Å². The molecule has 2 heteroatoms. The average molecular weight is 242 g/mol. The van der Waals surface area contributed by atoms with Crippen LogP contribution in [0.15, 0.2) is 12.2 Å². The minimum Gasteiger partial charge on any atom is -0.0887 e. The Morgan fingerprint density at radius 3 is 2.38 bits per heavy atom. The van der Waals surface area contributed by atoms with Crippen molar-refractivity contribution in [3.05, 3.63) is 12.2 Å². The van der Waals surface area contributed by atoms with Crippen molar-refractivity contribution in [3.8, 4) is 0 Å². The van der Waals surface area contributed by atoms with E-state index < -0.39 is 0 Å². The van der Waals surface area contributed by atoms with Crippen molar-refractivity contribution in [2.75, 3.05) is 0 Å². The normalized spacial score (nSPS) is 11.5. The van der Waals surface area contributed by atoms with E-state index in [1.54, 1.807) is 0 Å². The predicted octanol–water partition coefficient (Wildman–Crippen LogP) is 3.46. The Morgan fingerprint density at radius 2 is 2.00 bits per heavy atom. The van der Waals surface area contributed by atoms with Gasteiger partial charge in [0.05, 0.1) is 3.74 Å². The lowest BCUT2D eigenvalue weighted by Crippen LogP contribution is -1.77. The fourth-order valence-corrected chi connectivity index (χ4v) is 0.797. The van der Waals surface area contributed by atoms with Gasteiger partial charge in [-0.25, -0.2) is 0 Å². The molecule has 0 aromatic heterocycles. The molecule has 0 amide bonds. The summed E-state index contributed by atoms with van der Waals surface area (Å²) in [5.74, 6) is 0. The highest BCUT2D eigenvalue weighted by molar-refractivity contribution is 9.24. The van der Waals surface area contributed by atoms with Crippen LogP contribution in [0.5, 0.6) is 0 Å². The van der Waals surface area contributed by atoms with Gasteiger partial charge in [0.2, 0.25) is 0 Å². The lowest BCUT2D eigenvalue weighted by molar-refractivity contribution is 1.15. The van der Waals surface area contributed by atoms with Crippen molar-refractivity contribution in [2.45, 2.75) is 23.5 Å². The molecule has 8 heavy (non-hydrogen) atoms. The molecule has 0 aliphatic heterocycles. The van der Waals surface area contributed by atoms with Crippen LogP contribution in [0.2, 0.25) is 0 Å². The molecule has 0 bridgehead atoms. The standard InChI is InChI=1S/C6H10Br2/c1-2-3-4-5-6(7)8/h3-4,6H,2,5H2,1H3/b4-3+. The second kappa shape index (κ2) is 5.83. The third-order valence-electron chi connectivity index (χ3n) is 0.717. The van der Waals surface area contributed by atoms with Crippen LogP contribution in [-0.2, 0) is 0 Å². The highest BCUT2D eigenvalue weighted by Crippen LogP contribution is 2.12. The Labute approximate surface area is 67.6 Å². The first-order valence-electron chi connectivity index (χ1n) is 2.70. The van der Waals surface area contributed by atoms with Crippen LogP contribution in [0.3, 0.4) is 0 Å². The third kappa shape index (κ3) is 6.70. The van der Waals surface area contributed by atoms with E-state index in [2.05, 4.69) is 50.9 Å². The van der Waals surface area contributed by atoms with Crippen molar-refractivity contribution in [3.63, 3.8) is 0 Å². The second-order valence-electron chi connectivity index (χ2n) is 1.51. The molecule has 0 atom stereocenters. The Bertz CT molecular complexity index is 66.9. The quantitative estimate of drug-likeness (QED) is 0.525. The molecule has 0 aromatic carbocycles. The number of allylic oxidation sites excluding steroid dienone is 2. The van der Waals surface area contributed by atoms with Gasteiger partial charge in [0, 0.05) is 0 Å². The van der Waals surface area contributed by atoms with E-state index in [0.29, 0.717) is 3.74 Å². The van der Waals surface area contributed by atoms with Crippen LogP contribution in [0.4, 0.5) is 0 Å². The Hall–Kier alpha value is 0.700. The summed E-state index contributed by atoms with van der Waals surface area (Å²) in [6, 6.07) is 0. The van der Waals surface area contributed by atoms with E-state index in [1.807, 2.05) is 0 Å². The smallest absolute Gasteiger partial charge is 0.0732 e. The van der Waals surface area contributed by atoms with E-state index >= 15 is 0 Å². The molecule has 0 nitrogen and oxygen atoms in total. The van der Waals surface area contributed by atoms with Crippen molar-refractivity contribution in [1.82, 2.24) is 0 Å². The van der Waals surface area contributed by atoms with Crippen molar-refractivity contribution in [1.29, 1.82) is 0 Å². The van der Waals surface area contributed by atoms with Crippen LogP contribution in [0.1, 0.15) is 19.8 Å². The highest BCUT2D eigenvalue weighted by atomic mass is 79.9. The number of rotatable bonds is 3. The van der Waals surface area contributed by atoms with Gasteiger partial charge in [0.1, 0.15) is 0 Å². The van der Waals surface area contributed by atoms with E-state index in [-0.39, 0.29) is 0 Å². The van der Waals surface area contributed by atoms with Crippen LogP contribution in [0.25, 0.3) is 0 Å². The minimum atomic E-state index is 0.442. The SMILES string of the molecule is CC/C=C/CC(Br)Br. The van der Waals surface area contributed by atoms with Crippen molar-refractivity contribution in [2.24, 2.45) is 0 Å². The molecule has 0 saturated heterocycles. The molecular weight excluding hydrogens is 232 g/mol. The monoisotopic (exact) mass is 240 g/mol. The number of halogens is 2. The lowest BCUT2D eigenvalue weighted by atomic mass is 10.4. The molecule has 0 saturated carbocycles. The molecule has 48 valence electrons. The fraction of sp³-hybridized carbons (Fsp3) is 0.667. The second-order valence-corrected chi connectivity index (χ2v) is 4.95. The Balaban J connectivity index is 3.03. The Morgan fingerprint density at radius 1 is 1.38 bits per heavy atom. The van der Waals surface area contributed by atoms with E-state index in [0.717, 1.165) is 12.8 Å². The fourth-order valence-electron chi connectivity index (χ4n) is 0.366. The highest BCUT2D eigenvalue weighted by Gasteiger charge is 1.89. The summed E-state index contributed by atoms with van der Waals surface area (Å²) in [6.07, 6.45) is 6.52. The van der Waals surface area contributed by atoms with Gasteiger partial charge in [-0.3, -0.25) is 0 Å². The molecule has 0 unspecified atom stereocenters. The summed E-state index contributed by atoms with van der Waals surface area (Å²) < 4.78 is 0.442. The molecule has 0 fully saturated rings. The zero-order valence-electron chi connectivity index (χ0n) is 4.90. The van der Waals surface area contributed by atoms with Gasteiger partial charge in [0.25, 0.3) is 0 Å². The summed E-state index contributed by atoms with van der Waals surface area (Å²) in [6.45, 7) is 2.13. The number of hydrogen-bond donors (Lipinski definition) is 0. The van der Waals surface area contributed by atoms with E-state index in [9.17, 15) is 0 Å².